The van der Waals surface area contributed by atoms with E-state index in [0.717, 1.165) is 6.07 Å². The molecule has 0 aromatic heterocycles. The van der Waals surface area contributed by atoms with Crippen LogP contribution in [0.3, 0.4) is 0 Å². The quantitative estimate of drug-likeness (QED) is 0.605. The minimum absolute atomic E-state index is 0.0618. The lowest BCUT2D eigenvalue weighted by Gasteiger charge is -2.16. The van der Waals surface area contributed by atoms with Crippen molar-refractivity contribution in [2.75, 3.05) is 4.90 Å². The summed E-state index contributed by atoms with van der Waals surface area (Å²) in [7, 11) is 0. The van der Waals surface area contributed by atoms with Crippen LogP contribution in [-0.4, -0.2) is 22.0 Å². The highest BCUT2D eigenvalue weighted by atomic mass is 16.6. The number of carbonyl (C=O) groups is 2. The Balaban J connectivity index is 2.69. The van der Waals surface area contributed by atoms with Gasteiger partial charge in [-0.2, -0.15) is 0 Å². The van der Waals surface area contributed by atoms with Crippen LogP contribution in [0.4, 0.5) is 16.2 Å². The second kappa shape index (κ2) is 3.52. The number of carboxylic acid groups (broad SMARTS) is 1. The van der Waals surface area contributed by atoms with Crippen molar-refractivity contribution in [1.82, 2.24) is 0 Å². The molecule has 0 radical (unpaired) electrons. The van der Waals surface area contributed by atoms with Gasteiger partial charge in [0.1, 0.15) is 0 Å². The van der Waals surface area contributed by atoms with Crippen LogP contribution >= 0.6 is 0 Å². The zero-order valence-corrected chi connectivity index (χ0v) is 9.71. The van der Waals surface area contributed by atoms with Crippen molar-refractivity contribution in [3.8, 4) is 0 Å². The molecule has 18 heavy (non-hydrogen) atoms. The predicted molar refractivity (Wildman–Crippen MR) is 61.6 cm³/mol. The number of nitrogens with zero attached hydrogens (tertiary/aromatic N) is 2. The summed E-state index contributed by atoms with van der Waals surface area (Å²) in [6.45, 7) is 3.17. The molecular formula is C11H10N2O5. The van der Waals surface area contributed by atoms with Crippen LogP contribution in [0.2, 0.25) is 0 Å². The minimum Gasteiger partial charge on any atom is -0.464 e. The first kappa shape index (κ1) is 12.0. The van der Waals surface area contributed by atoms with Crippen molar-refractivity contribution in [2.45, 2.75) is 19.3 Å². The van der Waals surface area contributed by atoms with Crippen molar-refractivity contribution in [3.63, 3.8) is 0 Å². The molecular weight excluding hydrogens is 240 g/mol. The van der Waals surface area contributed by atoms with Crippen molar-refractivity contribution in [3.05, 3.63) is 33.9 Å². The van der Waals surface area contributed by atoms with Crippen molar-refractivity contribution >= 4 is 23.4 Å². The number of fused-ring (bicyclic) bond motifs is 1. The molecule has 0 bridgehead atoms. The summed E-state index contributed by atoms with van der Waals surface area (Å²) in [5.41, 5.74) is -0.708. The van der Waals surface area contributed by atoms with Crippen LogP contribution in [0.25, 0.3) is 0 Å². The zero-order chi connectivity index (χ0) is 13.7. The van der Waals surface area contributed by atoms with Gasteiger partial charge in [0.2, 0.25) is 5.91 Å². The molecule has 7 heteroatoms. The Morgan fingerprint density at radius 2 is 2.06 bits per heavy atom. The molecule has 1 aliphatic heterocycles. The fourth-order valence-electron chi connectivity index (χ4n) is 2.04. The number of benzene rings is 1. The standard InChI is InChI=1S/C11H10N2O5/c1-11(2)7-4-3-6(13(17)18)5-8(7)12(9(11)14)10(15)16/h3-5H,1-2H3,(H,15,16). The molecule has 1 N–H and O–H groups in total. The number of carbonyl (C=O) groups excluding carboxylic acids is 1. The Morgan fingerprint density at radius 3 is 2.56 bits per heavy atom. The van der Waals surface area contributed by atoms with Gasteiger partial charge in [0.25, 0.3) is 5.69 Å². The SMILES string of the molecule is CC1(C)C(=O)N(C(=O)O)c2cc([N+](=O)[O-])ccc21. The summed E-state index contributed by atoms with van der Waals surface area (Å²) < 4.78 is 0. The van der Waals surface area contributed by atoms with Crippen LogP contribution in [0.1, 0.15) is 19.4 Å². The number of rotatable bonds is 1. The number of hydrogen-bond donors (Lipinski definition) is 1. The van der Waals surface area contributed by atoms with Gasteiger partial charge >= 0.3 is 6.09 Å². The van der Waals surface area contributed by atoms with E-state index in [1.807, 2.05) is 0 Å². The number of amides is 2. The van der Waals surface area contributed by atoms with E-state index in [1.54, 1.807) is 13.8 Å². The zero-order valence-electron chi connectivity index (χ0n) is 9.71. The summed E-state index contributed by atoms with van der Waals surface area (Å²) >= 11 is 0. The first-order chi connectivity index (χ1) is 8.26. The Bertz CT molecular complexity index is 579. The third-order valence-electron chi connectivity index (χ3n) is 3.04. The Labute approximate surface area is 102 Å². The highest BCUT2D eigenvalue weighted by Crippen LogP contribution is 2.43. The maximum absolute atomic E-state index is 12.0. The molecule has 1 aromatic carbocycles. The van der Waals surface area contributed by atoms with E-state index < -0.39 is 22.3 Å². The normalized spacial score (nSPS) is 16.6. The van der Waals surface area contributed by atoms with E-state index in [4.69, 9.17) is 5.11 Å². The molecule has 1 heterocycles. The van der Waals surface area contributed by atoms with Gasteiger partial charge in [0.15, 0.2) is 0 Å². The van der Waals surface area contributed by atoms with E-state index in [2.05, 4.69) is 0 Å². The van der Waals surface area contributed by atoms with Gasteiger partial charge in [0, 0.05) is 12.1 Å². The summed E-state index contributed by atoms with van der Waals surface area (Å²) in [4.78, 5) is 33.7. The van der Waals surface area contributed by atoms with Crippen LogP contribution in [0.15, 0.2) is 18.2 Å². The second-order valence-electron chi connectivity index (χ2n) is 4.51. The maximum atomic E-state index is 12.0. The Hall–Kier alpha value is -2.44. The van der Waals surface area contributed by atoms with Crippen molar-refractivity contribution in [2.24, 2.45) is 0 Å². The third kappa shape index (κ3) is 1.44. The number of hydrogen-bond acceptors (Lipinski definition) is 4. The molecule has 0 saturated heterocycles. The molecule has 0 saturated carbocycles. The molecule has 0 fully saturated rings. The summed E-state index contributed by atoms with van der Waals surface area (Å²) in [5, 5.41) is 19.7. The van der Waals surface area contributed by atoms with E-state index in [9.17, 15) is 19.7 Å². The number of imide groups is 1. The molecule has 0 unspecified atom stereocenters. The summed E-state index contributed by atoms with van der Waals surface area (Å²) in [6.07, 6.45) is -1.44. The van der Waals surface area contributed by atoms with Gasteiger partial charge in [-0.1, -0.05) is 0 Å². The second-order valence-corrected chi connectivity index (χ2v) is 4.51. The fraction of sp³-hybridized carbons (Fsp3) is 0.273. The maximum Gasteiger partial charge on any atom is 0.418 e. The lowest BCUT2D eigenvalue weighted by molar-refractivity contribution is -0.384. The minimum atomic E-state index is -1.44. The highest BCUT2D eigenvalue weighted by molar-refractivity contribution is 6.20. The van der Waals surface area contributed by atoms with Crippen molar-refractivity contribution < 1.29 is 19.6 Å². The molecule has 94 valence electrons. The molecule has 0 spiro atoms. The van der Waals surface area contributed by atoms with Gasteiger partial charge in [-0.05, 0) is 25.5 Å². The lowest BCUT2D eigenvalue weighted by atomic mass is 9.86. The van der Waals surface area contributed by atoms with Gasteiger partial charge < -0.3 is 5.11 Å². The molecule has 0 atom stereocenters. The molecule has 0 aliphatic carbocycles. The number of nitro benzene ring substituents is 1. The highest BCUT2D eigenvalue weighted by Gasteiger charge is 2.47. The van der Waals surface area contributed by atoms with E-state index >= 15 is 0 Å². The first-order valence-electron chi connectivity index (χ1n) is 5.13. The van der Waals surface area contributed by atoms with E-state index in [-0.39, 0.29) is 11.4 Å². The number of nitro groups is 1. The van der Waals surface area contributed by atoms with Crippen LogP contribution in [-0.2, 0) is 10.2 Å². The average molecular weight is 250 g/mol. The predicted octanol–water partition coefficient (Wildman–Crippen LogP) is 1.90. The van der Waals surface area contributed by atoms with Crippen LogP contribution < -0.4 is 4.90 Å². The van der Waals surface area contributed by atoms with E-state index in [0.29, 0.717) is 10.5 Å². The smallest absolute Gasteiger partial charge is 0.418 e. The number of anilines is 1. The van der Waals surface area contributed by atoms with Gasteiger partial charge in [-0.3, -0.25) is 14.9 Å². The molecule has 2 amide bonds. The Kier molecular flexibility index (Phi) is 2.36. The lowest BCUT2D eigenvalue weighted by Crippen LogP contribution is -2.39. The van der Waals surface area contributed by atoms with E-state index in [1.165, 1.54) is 12.1 Å². The van der Waals surface area contributed by atoms with Gasteiger partial charge in [-0.15, -0.1) is 0 Å². The average Bonchev–Trinajstić information content (AvgIpc) is 2.47. The fourth-order valence-corrected chi connectivity index (χ4v) is 2.04. The van der Waals surface area contributed by atoms with Crippen LogP contribution in [0, 0.1) is 10.1 Å². The number of non-ortho nitro benzene ring substituents is 1. The molecule has 7 nitrogen and oxygen atoms in total. The largest absolute Gasteiger partial charge is 0.464 e. The summed E-state index contributed by atoms with van der Waals surface area (Å²) in [5.74, 6) is -0.606. The Morgan fingerprint density at radius 1 is 1.44 bits per heavy atom. The monoisotopic (exact) mass is 250 g/mol. The topological polar surface area (TPSA) is 101 Å². The molecule has 2 rings (SSSR count). The van der Waals surface area contributed by atoms with Crippen molar-refractivity contribution in [1.29, 1.82) is 0 Å². The van der Waals surface area contributed by atoms with Gasteiger partial charge in [-0.25, -0.2) is 9.69 Å². The first-order valence-corrected chi connectivity index (χ1v) is 5.13. The van der Waals surface area contributed by atoms with Crippen LogP contribution in [0.5, 0.6) is 0 Å². The summed E-state index contributed by atoms with van der Waals surface area (Å²) in [6, 6.07) is 3.80. The van der Waals surface area contributed by atoms with Gasteiger partial charge in [0.05, 0.1) is 16.0 Å². The molecule has 1 aliphatic rings. The molecule has 1 aromatic rings. The third-order valence-corrected chi connectivity index (χ3v) is 3.04.